The van der Waals surface area contributed by atoms with E-state index in [0.717, 1.165) is 0 Å². The van der Waals surface area contributed by atoms with Crippen LogP contribution in [0.4, 0.5) is 0 Å². The third-order valence-electron chi connectivity index (χ3n) is 2.33. The fourth-order valence-electron chi connectivity index (χ4n) is 1.52. The van der Waals surface area contributed by atoms with Crippen LogP contribution >= 0.6 is 0 Å². The van der Waals surface area contributed by atoms with Crippen LogP contribution in [0.1, 0.15) is 25.0 Å². The molecule has 59 valence electrons. The second kappa shape index (κ2) is 3.70. The summed E-state index contributed by atoms with van der Waals surface area (Å²) in [6, 6.07) is 8.52. The van der Waals surface area contributed by atoms with E-state index < -0.39 is 0 Å². The van der Waals surface area contributed by atoms with Crippen molar-refractivity contribution < 1.29 is 26.2 Å². The Kier molecular flexibility index (Phi) is 3.06. The maximum absolute atomic E-state index is 2.24. The van der Waals surface area contributed by atoms with Gasteiger partial charge < -0.3 is 0 Å². The number of fused-ring (bicyclic) bond motifs is 1. The van der Waals surface area contributed by atoms with Crippen molar-refractivity contribution in [2.24, 2.45) is 0 Å². The van der Waals surface area contributed by atoms with Crippen LogP contribution in [0.25, 0.3) is 5.57 Å². The SMILES string of the molecule is CC1=C(C)c2ccccc2[CH]1.[Zr]. The molecule has 0 unspecified atom stereocenters. The summed E-state index contributed by atoms with van der Waals surface area (Å²) in [6.45, 7) is 4.34. The third kappa shape index (κ3) is 1.48. The van der Waals surface area contributed by atoms with E-state index in [9.17, 15) is 0 Å². The Bertz CT molecular complexity index is 324. The monoisotopic (exact) mass is 233 g/mol. The van der Waals surface area contributed by atoms with E-state index in [1.54, 1.807) is 0 Å². The van der Waals surface area contributed by atoms with E-state index in [4.69, 9.17) is 0 Å². The second-order valence-corrected chi connectivity index (χ2v) is 3.04. The van der Waals surface area contributed by atoms with Crippen LogP contribution in [-0.2, 0) is 26.2 Å². The zero-order valence-corrected chi connectivity index (χ0v) is 9.84. The fourth-order valence-corrected chi connectivity index (χ4v) is 1.52. The van der Waals surface area contributed by atoms with Gasteiger partial charge in [-0.1, -0.05) is 29.8 Å². The Morgan fingerprint density at radius 1 is 1.00 bits per heavy atom. The van der Waals surface area contributed by atoms with Gasteiger partial charge in [0.25, 0.3) is 0 Å². The Labute approximate surface area is 92.8 Å². The molecule has 0 saturated heterocycles. The van der Waals surface area contributed by atoms with Crippen molar-refractivity contribution in [3.05, 3.63) is 47.4 Å². The maximum atomic E-state index is 2.24. The number of rotatable bonds is 0. The molecule has 0 heterocycles. The fraction of sp³-hybridized carbons (Fsp3) is 0.182. The van der Waals surface area contributed by atoms with Gasteiger partial charge in [-0.3, -0.25) is 0 Å². The molecule has 1 aromatic carbocycles. The Hall–Kier alpha value is -0.157. The van der Waals surface area contributed by atoms with E-state index in [1.807, 2.05) is 0 Å². The quantitative estimate of drug-likeness (QED) is 0.647. The Morgan fingerprint density at radius 3 is 2.33 bits per heavy atom. The molecule has 2 rings (SSSR count). The van der Waals surface area contributed by atoms with Crippen molar-refractivity contribution in [2.45, 2.75) is 13.8 Å². The van der Waals surface area contributed by atoms with E-state index in [2.05, 4.69) is 44.5 Å². The average molecular weight is 234 g/mol. The van der Waals surface area contributed by atoms with Crippen molar-refractivity contribution in [2.75, 3.05) is 0 Å². The normalized spacial score (nSPS) is 14.2. The summed E-state index contributed by atoms with van der Waals surface area (Å²) in [7, 11) is 0. The molecular weight excluding hydrogens is 223 g/mol. The summed E-state index contributed by atoms with van der Waals surface area (Å²) in [4.78, 5) is 0. The molecule has 1 radical (unpaired) electrons. The predicted octanol–water partition coefficient (Wildman–Crippen LogP) is 3.04. The van der Waals surface area contributed by atoms with Crippen molar-refractivity contribution in [1.82, 2.24) is 0 Å². The number of hydrogen-bond acceptors (Lipinski definition) is 0. The summed E-state index contributed by atoms with van der Waals surface area (Å²) in [5, 5.41) is 0. The van der Waals surface area contributed by atoms with Crippen molar-refractivity contribution in [1.29, 1.82) is 0 Å². The van der Waals surface area contributed by atoms with Gasteiger partial charge >= 0.3 is 0 Å². The van der Waals surface area contributed by atoms with Gasteiger partial charge in [0, 0.05) is 32.6 Å². The molecule has 1 heteroatoms. The summed E-state index contributed by atoms with van der Waals surface area (Å²) >= 11 is 0. The first-order valence-electron chi connectivity index (χ1n) is 3.90. The molecule has 0 fully saturated rings. The molecule has 0 amide bonds. The molecule has 1 aliphatic rings. The standard InChI is InChI=1S/C11H11.Zr/c1-8-7-10-5-3-4-6-11(10)9(8)2;/h3-7H,1-2H3;. The smallest absolute Gasteiger partial charge is 0.0164 e. The molecule has 0 atom stereocenters. The Balaban J connectivity index is 0.000000720. The molecule has 1 aliphatic carbocycles. The van der Waals surface area contributed by atoms with Crippen LogP contribution in [0.3, 0.4) is 0 Å². The van der Waals surface area contributed by atoms with Crippen LogP contribution in [0.15, 0.2) is 29.8 Å². The zero-order chi connectivity index (χ0) is 7.84. The minimum Gasteiger partial charge on any atom is -0.0619 e. The average Bonchev–Trinajstić information content (AvgIpc) is 2.30. The van der Waals surface area contributed by atoms with Gasteiger partial charge in [0.05, 0.1) is 0 Å². The van der Waals surface area contributed by atoms with Gasteiger partial charge in [0.1, 0.15) is 0 Å². The molecular formula is C11H11Zr. The largest absolute Gasteiger partial charge is 0.0619 e. The van der Waals surface area contributed by atoms with E-state index >= 15 is 0 Å². The van der Waals surface area contributed by atoms with Crippen LogP contribution < -0.4 is 0 Å². The van der Waals surface area contributed by atoms with E-state index in [-0.39, 0.29) is 26.2 Å². The molecule has 0 aliphatic heterocycles. The van der Waals surface area contributed by atoms with E-state index in [1.165, 1.54) is 22.3 Å². The zero-order valence-electron chi connectivity index (χ0n) is 7.39. The van der Waals surface area contributed by atoms with Crippen LogP contribution in [0.5, 0.6) is 0 Å². The molecule has 0 bridgehead atoms. The maximum Gasteiger partial charge on any atom is 0.0164 e. The van der Waals surface area contributed by atoms with Gasteiger partial charge in [-0.15, -0.1) is 0 Å². The third-order valence-corrected chi connectivity index (χ3v) is 2.33. The Morgan fingerprint density at radius 2 is 1.67 bits per heavy atom. The van der Waals surface area contributed by atoms with Gasteiger partial charge in [-0.2, -0.15) is 0 Å². The molecule has 0 spiro atoms. The van der Waals surface area contributed by atoms with Gasteiger partial charge in [-0.25, -0.2) is 0 Å². The first kappa shape index (κ1) is 9.93. The summed E-state index contributed by atoms with van der Waals surface area (Å²) < 4.78 is 0. The molecule has 12 heavy (non-hydrogen) atoms. The number of allylic oxidation sites excluding steroid dienone is 2. The van der Waals surface area contributed by atoms with Crippen LogP contribution in [-0.4, -0.2) is 0 Å². The van der Waals surface area contributed by atoms with Crippen molar-refractivity contribution in [3.63, 3.8) is 0 Å². The summed E-state index contributed by atoms with van der Waals surface area (Å²) in [5.41, 5.74) is 5.57. The van der Waals surface area contributed by atoms with Gasteiger partial charge in [0.2, 0.25) is 0 Å². The van der Waals surface area contributed by atoms with Crippen LogP contribution in [0, 0.1) is 6.42 Å². The molecule has 1 aromatic rings. The first-order valence-corrected chi connectivity index (χ1v) is 3.90. The summed E-state index contributed by atoms with van der Waals surface area (Å²) in [6.07, 6.45) is 2.24. The molecule has 0 saturated carbocycles. The second-order valence-electron chi connectivity index (χ2n) is 3.04. The first-order chi connectivity index (χ1) is 5.29. The van der Waals surface area contributed by atoms with Crippen molar-refractivity contribution >= 4 is 5.57 Å². The van der Waals surface area contributed by atoms with Gasteiger partial charge in [-0.05, 0) is 30.5 Å². The topological polar surface area (TPSA) is 0 Å². The molecule has 0 aromatic heterocycles. The van der Waals surface area contributed by atoms with Gasteiger partial charge in [0.15, 0.2) is 0 Å². The molecule has 0 nitrogen and oxygen atoms in total. The van der Waals surface area contributed by atoms with E-state index in [0.29, 0.717) is 0 Å². The molecule has 0 N–H and O–H groups in total. The predicted molar refractivity (Wildman–Crippen MR) is 48.1 cm³/mol. The number of hydrogen-bond donors (Lipinski definition) is 0. The summed E-state index contributed by atoms with van der Waals surface area (Å²) in [5.74, 6) is 0. The van der Waals surface area contributed by atoms with Crippen LogP contribution in [0.2, 0.25) is 0 Å². The van der Waals surface area contributed by atoms with Crippen molar-refractivity contribution in [3.8, 4) is 0 Å². The minimum absolute atomic E-state index is 0. The minimum atomic E-state index is 0. The number of benzene rings is 1.